The van der Waals surface area contributed by atoms with E-state index >= 15 is 0 Å². The van der Waals surface area contributed by atoms with Crippen molar-refractivity contribution in [3.63, 3.8) is 0 Å². The van der Waals surface area contributed by atoms with Crippen LogP contribution < -0.4 is 5.32 Å². The maximum absolute atomic E-state index is 12.4. The van der Waals surface area contributed by atoms with E-state index in [9.17, 15) is 4.79 Å². The highest BCUT2D eigenvalue weighted by Gasteiger charge is 2.32. The van der Waals surface area contributed by atoms with Crippen LogP contribution in [0.5, 0.6) is 0 Å². The Kier molecular flexibility index (Phi) is 5.54. The first-order chi connectivity index (χ1) is 11.2. The Labute approximate surface area is 138 Å². The quantitative estimate of drug-likeness (QED) is 0.847. The topological polar surface area (TPSA) is 61.6 Å². The van der Waals surface area contributed by atoms with Crippen LogP contribution in [0.1, 0.15) is 56.0 Å². The van der Waals surface area contributed by atoms with E-state index in [0.717, 1.165) is 50.4 Å². The van der Waals surface area contributed by atoms with Crippen molar-refractivity contribution >= 4 is 6.03 Å². The van der Waals surface area contributed by atoms with E-state index in [-0.39, 0.29) is 12.1 Å². The number of urea groups is 1. The first kappa shape index (κ1) is 16.3. The smallest absolute Gasteiger partial charge is 0.318 e. The molecule has 2 aliphatic heterocycles. The maximum Gasteiger partial charge on any atom is 0.318 e. The van der Waals surface area contributed by atoms with E-state index in [1.54, 1.807) is 0 Å². The third-order valence-corrected chi connectivity index (χ3v) is 4.86. The van der Waals surface area contributed by atoms with Gasteiger partial charge in [0.25, 0.3) is 0 Å². The molecule has 1 N–H and O–H groups in total. The molecular formula is C17H28N4O2. The van der Waals surface area contributed by atoms with E-state index in [4.69, 9.17) is 4.52 Å². The van der Waals surface area contributed by atoms with Gasteiger partial charge in [-0.2, -0.15) is 0 Å². The van der Waals surface area contributed by atoms with Crippen molar-refractivity contribution < 1.29 is 9.32 Å². The Balaban J connectivity index is 1.42. The van der Waals surface area contributed by atoms with E-state index in [2.05, 4.69) is 15.4 Å². The summed E-state index contributed by atoms with van der Waals surface area (Å²) in [6.07, 6.45) is 6.99. The highest BCUT2D eigenvalue weighted by Crippen LogP contribution is 2.32. The maximum atomic E-state index is 12.4. The number of aryl methyl sites for hydroxylation is 1. The number of nitrogens with one attached hydrogen (secondary N) is 1. The van der Waals surface area contributed by atoms with Gasteiger partial charge < -0.3 is 19.6 Å². The fraction of sp³-hybridized carbons (Fsp3) is 0.765. The van der Waals surface area contributed by atoms with E-state index < -0.39 is 0 Å². The number of hydrogen-bond donors (Lipinski definition) is 1. The van der Waals surface area contributed by atoms with Crippen LogP contribution in [0.3, 0.4) is 0 Å². The third kappa shape index (κ3) is 4.25. The van der Waals surface area contributed by atoms with Gasteiger partial charge in [0, 0.05) is 19.2 Å². The van der Waals surface area contributed by atoms with Gasteiger partial charge in [0.15, 0.2) is 5.76 Å². The first-order valence-corrected chi connectivity index (χ1v) is 8.94. The van der Waals surface area contributed by atoms with Crippen LogP contribution >= 0.6 is 0 Å². The van der Waals surface area contributed by atoms with Crippen LogP contribution in [0, 0.1) is 6.92 Å². The molecule has 0 aromatic carbocycles. The molecule has 0 unspecified atom stereocenters. The lowest BCUT2D eigenvalue weighted by molar-refractivity contribution is 0.180. The van der Waals surface area contributed by atoms with Gasteiger partial charge in [-0.3, -0.25) is 0 Å². The second-order valence-electron chi connectivity index (χ2n) is 6.71. The van der Waals surface area contributed by atoms with E-state index in [1.165, 1.54) is 32.4 Å². The molecule has 6 nitrogen and oxygen atoms in total. The molecule has 3 rings (SSSR count). The van der Waals surface area contributed by atoms with Crippen LogP contribution in [-0.2, 0) is 0 Å². The standard InChI is InChI=1S/C17H28N4O2/c1-14-13-16(23-19-14)15-7-5-12-21(15)17(22)18-8-6-11-20-9-3-2-4-10-20/h13,15H,2-12H2,1H3,(H,18,22)/t15-/m0/s1. The highest BCUT2D eigenvalue weighted by molar-refractivity contribution is 5.75. The number of rotatable bonds is 5. The molecule has 0 radical (unpaired) electrons. The number of likely N-dealkylation sites (tertiary alicyclic amines) is 2. The molecule has 0 spiro atoms. The summed E-state index contributed by atoms with van der Waals surface area (Å²) >= 11 is 0. The lowest BCUT2D eigenvalue weighted by Gasteiger charge is -2.27. The average molecular weight is 320 g/mol. The summed E-state index contributed by atoms with van der Waals surface area (Å²) in [6, 6.07) is 2.01. The predicted octanol–water partition coefficient (Wildman–Crippen LogP) is 2.71. The third-order valence-electron chi connectivity index (χ3n) is 4.86. The lowest BCUT2D eigenvalue weighted by Crippen LogP contribution is -2.40. The van der Waals surface area contributed by atoms with E-state index in [1.807, 2.05) is 17.9 Å². The van der Waals surface area contributed by atoms with Crippen molar-refractivity contribution in [1.82, 2.24) is 20.3 Å². The minimum absolute atomic E-state index is 0.0280. The van der Waals surface area contributed by atoms with Crippen molar-refractivity contribution in [2.75, 3.05) is 32.7 Å². The Hall–Kier alpha value is -1.56. The van der Waals surface area contributed by atoms with Gasteiger partial charge >= 0.3 is 6.03 Å². The summed E-state index contributed by atoms with van der Waals surface area (Å²) in [4.78, 5) is 16.8. The zero-order chi connectivity index (χ0) is 16.1. The monoisotopic (exact) mass is 320 g/mol. The zero-order valence-corrected chi connectivity index (χ0v) is 14.1. The summed E-state index contributed by atoms with van der Waals surface area (Å²) < 4.78 is 5.36. The fourth-order valence-electron chi connectivity index (χ4n) is 3.63. The second kappa shape index (κ2) is 7.81. The van der Waals surface area contributed by atoms with Crippen LogP contribution in [0.15, 0.2) is 10.6 Å². The number of nitrogens with zero attached hydrogens (tertiary/aromatic N) is 3. The Bertz CT molecular complexity index is 510. The lowest BCUT2D eigenvalue weighted by atomic mass is 10.1. The molecule has 2 saturated heterocycles. The van der Waals surface area contributed by atoms with Crippen LogP contribution in [0.4, 0.5) is 4.79 Å². The average Bonchev–Trinajstić information content (AvgIpc) is 3.21. The number of carbonyl (C=O) groups is 1. The summed E-state index contributed by atoms with van der Waals surface area (Å²) in [6.45, 7) is 6.97. The predicted molar refractivity (Wildman–Crippen MR) is 88.2 cm³/mol. The molecule has 3 heterocycles. The molecule has 6 heteroatoms. The van der Waals surface area contributed by atoms with Gasteiger partial charge in [-0.05, 0) is 58.7 Å². The van der Waals surface area contributed by atoms with Gasteiger partial charge in [0.1, 0.15) is 0 Å². The molecule has 1 aromatic rings. The first-order valence-electron chi connectivity index (χ1n) is 8.94. The molecule has 0 aliphatic carbocycles. The van der Waals surface area contributed by atoms with Crippen LogP contribution in [0.25, 0.3) is 0 Å². The number of hydrogen-bond acceptors (Lipinski definition) is 4. The van der Waals surface area contributed by atoms with E-state index in [0.29, 0.717) is 0 Å². The molecule has 0 saturated carbocycles. The zero-order valence-electron chi connectivity index (χ0n) is 14.1. The molecule has 128 valence electrons. The number of piperidine rings is 1. The Morgan fingerprint density at radius 2 is 2.13 bits per heavy atom. The normalized spacial score (nSPS) is 22.5. The molecule has 23 heavy (non-hydrogen) atoms. The van der Waals surface area contributed by atoms with Gasteiger partial charge in [0.2, 0.25) is 0 Å². The van der Waals surface area contributed by atoms with Gasteiger partial charge in [-0.25, -0.2) is 4.79 Å². The van der Waals surface area contributed by atoms with Gasteiger partial charge in [0.05, 0.1) is 11.7 Å². The van der Waals surface area contributed by atoms with Crippen LogP contribution in [0.2, 0.25) is 0 Å². The summed E-state index contributed by atoms with van der Waals surface area (Å²) in [5, 5.41) is 7.01. The van der Waals surface area contributed by atoms with Gasteiger partial charge in [-0.15, -0.1) is 0 Å². The SMILES string of the molecule is Cc1cc([C@@H]2CCCN2C(=O)NCCCN2CCCCC2)on1. The van der Waals surface area contributed by atoms with Crippen molar-refractivity contribution in [1.29, 1.82) is 0 Å². The van der Waals surface area contributed by atoms with Crippen LogP contribution in [-0.4, -0.2) is 53.7 Å². The minimum Gasteiger partial charge on any atom is -0.359 e. The van der Waals surface area contributed by atoms with Crippen molar-refractivity contribution in [3.05, 3.63) is 17.5 Å². The fourth-order valence-corrected chi connectivity index (χ4v) is 3.63. The molecular weight excluding hydrogens is 292 g/mol. The summed E-state index contributed by atoms with van der Waals surface area (Å²) in [5.74, 6) is 0.809. The molecule has 1 aromatic heterocycles. The molecule has 2 aliphatic rings. The molecule has 2 amide bonds. The largest absolute Gasteiger partial charge is 0.359 e. The minimum atomic E-state index is 0.0280. The Morgan fingerprint density at radius 1 is 1.30 bits per heavy atom. The molecule has 1 atom stereocenters. The molecule has 2 fully saturated rings. The van der Waals surface area contributed by atoms with Gasteiger partial charge in [-0.1, -0.05) is 11.6 Å². The summed E-state index contributed by atoms with van der Waals surface area (Å²) in [5.41, 5.74) is 0.869. The second-order valence-corrected chi connectivity index (χ2v) is 6.71. The van der Waals surface area contributed by atoms with Crippen molar-refractivity contribution in [2.24, 2.45) is 0 Å². The van der Waals surface area contributed by atoms with Crippen molar-refractivity contribution in [2.45, 2.75) is 51.5 Å². The number of carbonyl (C=O) groups excluding carboxylic acids is 1. The number of aromatic nitrogens is 1. The number of amides is 2. The Morgan fingerprint density at radius 3 is 2.87 bits per heavy atom. The molecule has 0 bridgehead atoms. The summed E-state index contributed by atoms with van der Waals surface area (Å²) in [7, 11) is 0. The van der Waals surface area contributed by atoms with Crippen molar-refractivity contribution in [3.8, 4) is 0 Å². The highest BCUT2D eigenvalue weighted by atomic mass is 16.5.